The van der Waals surface area contributed by atoms with Crippen LogP contribution in [0.4, 0.5) is 13.2 Å². The van der Waals surface area contributed by atoms with E-state index in [2.05, 4.69) is 13.5 Å². The lowest BCUT2D eigenvalue weighted by Crippen LogP contribution is -2.58. The highest BCUT2D eigenvalue weighted by Gasteiger charge is 2.58. The van der Waals surface area contributed by atoms with E-state index < -0.39 is 40.7 Å². The van der Waals surface area contributed by atoms with Crippen molar-refractivity contribution in [2.24, 2.45) is 28.6 Å². The topological polar surface area (TPSA) is 66.8 Å². The fourth-order valence-electron chi connectivity index (χ4n) is 6.76. The van der Waals surface area contributed by atoms with Crippen LogP contribution in [0, 0.1) is 28.6 Å². The molecule has 1 N–H and O–H groups in total. The SMILES string of the molecule is C=C[C@]1(C)C[C@@H](OC(=O)CN(CC)Cc2cccc(C(F)(F)F)c2)[C@]2(C)C(C)CCC(C[C@@H]1O)C2C(C)=O. The Labute approximate surface area is 224 Å². The number of carbonyl (C=O) groups excluding carboxylic acids is 2. The van der Waals surface area contributed by atoms with Crippen LogP contribution in [0.3, 0.4) is 0 Å². The summed E-state index contributed by atoms with van der Waals surface area (Å²) in [5.74, 6) is -0.706. The van der Waals surface area contributed by atoms with Gasteiger partial charge in [0.25, 0.3) is 0 Å². The van der Waals surface area contributed by atoms with Crippen LogP contribution in [0.5, 0.6) is 0 Å². The van der Waals surface area contributed by atoms with Crippen LogP contribution < -0.4 is 0 Å². The number of esters is 1. The van der Waals surface area contributed by atoms with Crippen molar-refractivity contribution in [2.75, 3.05) is 13.1 Å². The minimum absolute atomic E-state index is 0.0162. The zero-order valence-electron chi connectivity index (χ0n) is 23.2. The van der Waals surface area contributed by atoms with E-state index in [-0.39, 0.29) is 36.6 Å². The van der Waals surface area contributed by atoms with Gasteiger partial charge < -0.3 is 9.84 Å². The molecule has 38 heavy (non-hydrogen) atoms. The van der Waals surface area contributed by atoms with Crippen LogP contribution >= 0.6 is 0 Å². The molecule has 1 aromatic carbocycles. The zero-order valence-corrected chi connectivity index (χ0v) is 23.2. The first-order chi connectivity index (χ1) is 17.7. The summed E-state index contributed by atoms with van der Waals surface area (Å²) in [6.45, 7) is 13.9. The predicted octanol–water partition coefficient (Wildman–Crippen LogP) is 6.04. The number of halogens is 3. The first kappa shape index (κ1) is 30.4. The van der Waals surface area contributed by atoms with Gasteiger partial charge in [-0.1, -0.05) is 52.0 Å². The normalized spacial score (nSPS) is 33.8. The molecule has 212 valence electrons. The molecule has 0 aliphatic heterocycles. The number of ether oxygens (including phenoxy) is 1. The maximum absolute atomic E-state index is 13.3. The van der Waals surface area contributed by atoms with E-state index >= 15 is 0 Å². The summed E-state index contributed by atoms with van der Waals surface area (Å²) in [5.41, 5.74) is -1.59. The van der Waals surface area contributed by atoms with Gasteiger partial charge in [-0.05, 0) is 62.6 Å². The number of aliphatic hydroxyl groups excluding tert-OH is 1. The second-order valence-electron chi connectivity index (χ2n) is 11.8. The average molecular weight is 538 g/mol. The van der Waals surface area contributed by atoms with Crippen LogP contribution in [0.2, 0.25) is 0 Å². The number of carbonyl (C=O) groups is 2. The van der Waals surface area contributed by atoms with Gasteiger partial charge in [0.2, 0.25) is 0 Å². The number of alkyl halides is 3. The Balaban J connectivity index is 1.86. The van der Waals surface area contributed by atoms with E-state index in [1.807, 2.05) is 20.8 Å². The third-order valence-corrected chi connectivity index (χ3v) is 9.42. The number of fused-ring (bicyclic) bond motifs is 2. The van der Waals surface area contributed by atoms with Crippen LogP contribution in [-0.2, 0) is 27.0 Å². The molecule has 0 heterocycles. The van der Waals surface area contributed by atoms with Gasteiger partial charge in [-0.15, -0.1) is 6.58 Å². The van der Waals surface area contributed by atoms with Crippen molar-refractivity contribution in [1.82, 2.24) is 4.90 Å². The third kappa shape index (κ3) is 6.17. The first-order valence-corrected chi connectivity index (χ1v) is 13.6. The third-order valence-electron chi connectivity index (χ3n) is 9.42. The average Bonchev–Trinajstić information content (AvgIpc) is 2.84. The van der Waals surface area contributed by atoms with Crippen molar-refractivity contribution >= 4 is 11.8 Å². The highest BCUT2D eigenvalue weighted by atomic mass is 19.4. The predicted molar refractivity (Wildman–Crippen MR) is 140 cm³/mol. The van der Waals surface area contributed by atoms with Gasteiger partial charge in [0.1, 0.15) is 11.9 Å². The van der Waals surface area contributed by atoms with E-state index in [4.69, 9.17) is 4.74 Å². The molecule has 2 aliphatic carbocycles. The Morgan fingerprint density at radius 2 is 1.95 bits per heavy atom. The van der Waals surface area contributed by atoms with Crippen molar-refractivity contribution < 1.29 is 32.6 Å². The molecular formula is C30H42F3NO4. The molecular weight excluding hydrogens is 495 g/mol. The first-order valence-electron chi connectivity index (χ1n) is 13.6. The molecule has 2 saturated carbocycles. The number of nitrogens with zero attached hydrogens (tertiary/aromatic N) is 1. The number of Topliss-reactive ketones (excluding diaryl/α,β-unsaturated/α-hetero) is 1. The van der Waals surface area contributed by atoms with Gasteiger partial charge in [0.15, 0.2) is 0 Å². The van der Waals surface area contributed by atoms with E-state index in [1.165, 1.54) is 6.07 Å². The van der Waals surface area contributed by atoms with Crippen molar-refractivity contribution in [1.29, 1.82) is 0 Å². The van der Waals surface area contributed by atoms with Crippen molar-refractivity contribution in [2.45, 2.75) is 85.2 Å². The molecule has 0 spiro atoms. The Bertz CT molecular complexity index is 1030. The van der Waals surface area contributed by atoms with Crippen molar-refractivity contribution in [3.8, 4) is 0 Å². The zero-order chi connectivity index (χ0) is 28.5. The Kier molecular flexibility index (Phi) is 9.19. The van der Waals surface area contributed by atoms with Crippen LogP contribution in [0.25, 0.3) is 0 Å². The molecule has 0 radical (unpaired) electrons. The number of hydrogen-bond donors (Lipinski definition) is 1. The number of benzene rings is 1. The number of likely N-dealkylation sites (N-methyl/N-ethyl adjacent to an activating group) is 1. The Morgan fingerprint density at radius 3 is 2.53 bits per heavy atom. The molecule has 0 aromatic heterocycles. The summed E-state index contributed by atoms with van der Waals surface area (Å²) < 4.78 is 45.7. The highest BCUT2D eigenvalue weighted by molar-refractivity contribution is 5.80. The van der Waals surface area contributed by atoms with E-state index in [1.54, 1.807) is 24.0 Å². The molecule has 2 bridgehead atoms. The summed E-state index contributed by atoms with van der Waals surface area (Å²) in [7, 11) is 0. The van der Waals surface area contributed by atoms with Crippen LogP contribution in [0.1, 0.15) is 71.4 Å². The molecule has 3 unspecified atom stereocenters. The molecule has 1 aromatic rings. The van der Waals surface area contributed by atoms with E-state index in [0.717, 1.165) is 25.0 Å². The number of rotatable bonds is 8. The summed E-state index contributed by atoms with van der Waals surface area (Å²) in [5, 5.41) is 11.2. The summed E-state index contributed by atoms with van der Waals surface area (Å²) in [6.07, 6.45) is -1.55. The Hall–Kier alpha value is -2.19. The standard InChI is InChI=1S/C30H42F3NO4/c1-7-28(5)16-25(29(6)19(3)12-13-22(15-24(28)36)27(29)20(4)35)38-26(37)18-34(8-2)17-21-10-9-11-23(14-21)30(31,32)33/h7,9-11,14,19,22,24-25,27,36H,1,8,12-13,15-18H2,2-6H3/t19?,22?,24-,25+,27?,28+,29-/m0/s1. The minimum atomic E-state index is -4.44. The van der Waals surface area contributed by atoms with E-state index in [0.29, 0.717) is 24.9 Å². The van der Waals surface area contributed by atoms with Gasteiger partial charge in [-0.25, -0.2) is 0 Å². The minimum Gasteiger partial charge on any atom is -0.461 e. The van der Waals surface area contributed by atoms with Crippen LogP contribution in [0.15, 0.2) is 36.9 Å². The highest BCUT2D eigenvalue weighted by Crippen LogP contribution is 2.57. The molecule has 3 rings (SSSR count). The van der Waals surface area contributed by atoms with Gasteiger partial charge in [0, 0.05) is 23.3 Å². The molecule has 2 fully saturated rings. The summed E-state index contributed by atoms with van der Waals surface area (Å²) in [6, 6.07) is 5.10. The fraction of sp³-hybridized carbons (Fsp3) is 0.667. The molecule has 0 saturated heterocycles. The summed E-state index contributed by atoms with van der Waals surface area (Å²) in [4.78, 5) is 28.1. The lowest BCUT2D eigenvalue weighted by atomic mass is 9.50. The lowest BCUT2D eigenvalue weighted by Gasteiger charge is -2.56. The largest absolute Gasteiger partial charge is 0.461 e. The second-order valence-corrected chi connectivity index (χ2v) is 11.8. The van der Waals surface area contributed by atoms with Gasteiger partial charge >= 0.3 is 12.1 Å². The lowest BCUT2D eigenvalue weighted by molar-refractivity contribution is -0.186. The van der Waals surface area contributed by atoms with Crippen molar-refractivity contribution in [3.63, 3.8) is 0 Å². The van der Waals surface area contributed by atoms with Crippen molar-refractivity contribution in [3.05, 3.63) is 48.0 Å². The number of ketones is 1. The monoisotopic (exact) mass is 537 g/mol. The maximum Gasteiger partial charge on any atom is 0.416 e. The van der Waals surface area contributed by atoms with Gasteiger partial charge in [-0.2, -0.15) is 13.2 Å². The molecule has 0 amide bonds. The summed E-state index contributed by atoms with van der Waals surface area (Å²) >= 11 is 0. The molecule has 7 atom stereocenters. The van der Waals surface area contributed by atoms with Crippen LogP contribution in [-0.4, -0.2) is 47.1 Å². The second kappa shape index (κ2) is 11.5. The number of aliphatic hydroxyl groups is 1. The molecule has 8 heteroatoms. The van der Waals surface area contributed by atoms with Gasteiger partial charge in [0.05, 0.1) is 18.2 Å². The number of hydrogen-bond acceptors (Lipinski definition) is 5. The molecule has 2 aliphatic rings. The molecule has 5 nitrogen and oxygen atoms in total. The van der Waals surface area contributed by atoms with E-state index in [9.17, 15) is 27.9 Å². The smallest absolute Gasteiger partial charge is 0.416 e. The maximum atomic E-state index is 13.3. The fourth-order valence-corrected chi connectivity index (χ4v) is 6.76. The quantitative estimate of drug-likeness (QED) is 0.323. The Morgan fingerprint density at radius 1 is 1.26 bits per heavy atom. The van der Waals surface area contributed by atoms with Gasteiger partial charge in [-0.3, -0.25) is 14.5 Å².